The van der Waals surface area contributed by atoms with E-state index in [2.05, 4.69) is 4.74 Å². The summed E-state index contributed by atoms with van der Waals surface area (Å²) in [5.74, 6) is -0.0257. The summed E-state index contributed by atoms with van der Waals surface area (Å²) in [6.45, 7) is -1.41. The lowest BCUT2D eigenvalue weighted by atomic mass is 10.3. The molecule has 0 bridgehead atoms. The summed E-state index contributed by atoms with van der Waals surface area (Å²) in [7, 11) is -3.90. The molecule has 0 aliphatic rings. The summed E-state index contributed by atoms with van der Waals surface area (Å²) < 4.78 is 63.1. The Morgan fingerprint density at radius 2 is 1.76 bits per heavy atom. The van der Waals surface area contributed by atoms with Gasteiger partial charge in [-0.15, -0.1) is 0 Å². The number of nitrogens with one attached hydrogen (secondary N) is 1. The van der Waals surface area contributed by atoms with Crippen molar-refractivity contribution in [2.75, 3.05) is 11.3 Å². The first-order valence-corrected chi connectivity index (χ1v) is 5.80. The lowest BCUT2D eigenvalue weighted by molar-refractivity contribution is -0.153. The van der Waals surface area contributed by atoms with Crippen LogP contribution < -0.4 is 14.6 Å². The Kier molecular flexibility index (Phi) is 3.83. The molecular formula is C8H9F3N2O3S. The molecule has 0 saturated heterocycles. The molecule has 1 aromatic carbocycles. The topological polar surface area (TPSA) is 81.4 Å². The number of anilines is 1. The Morgan fingerprint density at radius 1 is 1.24 bits per heavy atom. The second-order valence-electron chi connectivity index (χ2n) is 3.08. The monoisotopic (exact) mass is 270 g/mol. The number of alkyl halides is 3. The van der Waals surface area contributed by atoms with E-state index < -0.39 is 23.0 Å². The molecule has 0 unspecified atom stereocenters. The average Bonchev–Trinajstić information content (AvgIpc) is 2.13. The Morgan fingerprint density at radius 3 is 2.18 bits per heavy atom. The van der Waals surface area contributed by atoms with Gasteiger partial charge in [-0.2, -0.15) is 21.6 Å². The standard InChI is InChI=1S/C8H9F3N2O3S/c9-8(10,11)5-16-7-3-1-6(2-4-7)13-17(12,14)15/h1-4,13H,5H2,(H2,12,14,15). The SMILES string of the molecule is NS(=O)(=O)Nc1ccc(OCC(F)(F)F)cc1. The smallest absolute Gasteiger partial charge is 0.422 e. The lowest BCUT2D eigenvalue weighted by Crippen LogP contribution is -2.21. The molecule has 1 rings (SSSR count). The lowest BCUT2D eigenvalue weighted by Gasteiger charge is -2.09. The first-order valence-electron chi connectivity index (χ1n) is 4.26. The van der Waals surface area contributed by atoms with Crippen LogP contribution in [-0.4, -0.2) is 21.2 Å². The zero-order chi connectivity index (χ0) is 13.1. The van der Waals surface area contributed by atoms with Crippen LogP contribution in [0.1, 0.15) is 0 Å². The van der Waals surface area contributed by atoms with Gasteiger partial charge in [-0.1, -0.05) is 0 Å². The first kappa shape index (κ1) is 13.6. The Balaban J connectivity index is 2.63. The second-order valence-corrected chi connectivity index (χ2v) is 4.37. The van der Waals surface area contributed by atoms with Crippen LogP contribution in [0.25, 0.3) is 0 Å². The summed E-state index contributed by atoms with van der Waals surface area (Å²) in [6.07, 6.45) is -4.42. The highest BCUT2D eigenvalue weighted by Crippen LogP contribution is 2.20. The molecule has 0 fully saturated rings. The second kappa shape index (κ2) is 4.80. The summed E-state index contributed by atoms with van der Waals surface area (Å²) in [4.78, 5) is 0. The van der Waals surface area contributed by atoms with Crippen molar-refractivity contribution in [2.45, 2.75) is 6.18 Å². The molecule has 96 valence electrons. The van der Waals surface area contributed by atoms with Gasteiger partial charge in [0.1, 0.15) is 5.75 Å². The van der Waals surface area contributed by atoms with E-state index in [0.717, 1.165) is 0 Å². The van der Waals surface area contributed by atoms with E-state index in [1.54, 1.807) is 0 Å². The van der Waals surface area contributed by atoms with Crippen LogP contribution in [0.2, 0.25) is 0 Å². The molecule has 9 heteroatoms. The van der Waals surface area contributed by atoms with E-state index in [-0.39, 0.29) is 11.4 Å². The molecular weight excluding hydrogens is 261 g/mol. The highest BCUT2D eigenvalue weighted by Gasteiger charge is 2.28. The van der Waals surface area contributed by atoms with Crippen LogP contribution in [0.15, 0.2) is 24.3 Å². The van der Waals surface area contributed by atoms with E-state index in [1.807, 2.05) is 4.72 Å². The van der Waals surface area contributed by atoms with Crippen molar-refractivity contribution in [1.82, 2.24) is 0 Å². The minimum Gasteiger partial charge on any atom is -0.484 e. The number of hydrogen-bond acceptors (Lipinski definition) is 3. The third-order valence-electron chi connectivity index (χ3n) is 1.52. The maximum absolute atomic E-state index is 11.8. The molecule has 0 radical (unpaired) electrons. The van der Waals surface area contributed by atoms with E-state index in [1.165, 1.54) is 24.3 Å². The fourth-order valence-electron chi connectivity index (χ4n) is 0.949. The van der Waals surface area contributed by atoms with Crippen molar-refractivity contribution in [3.63, 3.8) is 0 Å². The Bertz CT molecular complexity index is 470. The maximum Gasteiger partial charge on any atom is 0.422 e. The van der Waals surface area contributed by atoms with Gasteiger partial charge in [0.25, 0.3) is 10.2 Å². The quantitative estimate of drug-likeness (QED) is 0.863. The summed E-state index contributed by atoms with van der Waals surface area (Å²) in [5, 5.41) is 4.70. The van der Waals surface area contributed by atoms with Crippen LogP contribution in [-0.2, 0) is 10.2 Å². The van der Waals surface area contributed by atoms with Gasteiger partial charge in [0, 0.05) is 5.69 Å². The Hall–Kier alpha value is -1.48. The minimum atomic E-state index is -4.42. The number of rotatable bonds is 4. The summed E-state index contributed by atoms with van der Waals surface area (Å²) >= 11 is 0. The molecule has 0 spiro atoms. The normalized spacial score (nSPS) is 12.2. The van der Waals surface area contributed by atoms with Crippen molar-refractivity contribution in [2.24, 2.45) is 5.14 Å². The highest BCUT2D eigenvalue weighted by molar-refractivity contribution is 7.90. The van der Waals surface area contributed by atoms with Crippen molar-refractivity contribution in [3.8, 4) is 5.75 Å². The van der Waals surface area contributed by atoms with Gasteiger partial charge < -0.3 is 4.74 Å². The predicted molar refractivity (Wildman–Crippen MR) is 54.7 cm³/mol. The summed E-state index contributed by atoms with van der Waals surface area (Å²) in [6, 6.07) is 4.85. The minimum absolute atomic E-state index is 0.0257. The van der Waals surface area contributed by atoms with Gasteiger partial charge >= 0.3 is 6.18 Å². The fourth-order valence-corrected chi connectivity index (χ4v) is 1.41. The molecule has 0 atom stereocenters. The highest BCUT2D eigenvalue weighted by atomic mass is 32.2. The van der Waals surface area contributed by atoms with E-state index in [0.29, 0.717) is 0 Å². The van der Waals surface area contributed by atoms with Gasteiger partial charge in [0.2, 0.25) is 0 Å². The molecule has 0 heterocycles. The molecule has 0 aromatic heterocycles. The van der Waals surface area contributed by atoms with Crippen molar-refractivity contribution >= 4 is 15.9 Å². The van der Waals surface area contributed by atoms with E-state index in [9.17, 15) is 21.6 Å². The largest absolute Gasteiger partial charge is 0.484 e. The number of hydrogen-bond donors (Lipinski definition) is 2. The van der Waals surface area contributed by atoms with E-state index >= 15 is 0 Å². The van der Waals surface area contributed by atoms with Crippen LogP contribution >= 0.6 is 0 Å². The van der Waals surface area contributed by atoms with Gasteiger partial charge in [-0.3, -0.25) is 4.72 Å². The molecule has 17 heavy (non-hydrogen) atoms. The number of ether oxygens (including phenoxy) is 1. The zero-order valence-electron chi connectivity index (χ0n) is 8.36. The number of benzene rings is 1. The van der Waals surface area contributed by atoms with Crippen LogP contribution in [0.3, 0.4) is 0 Å². The van der Waals surface area contributed by atoms with Crippen LogP contribution in [0.5, 0.6) is 5.75 Å². The molecule has 3 N–H and O–H groups in total. The van der Waals surface area contributed by atoms with Crippen LogP contribution in [0.4, 0.5) is 18.9 Å². The van der Waals surface area contributed by atoms with Gasteiger partial charge in [0.15, 0.2) is 6.61 Å². The van der Waals surface area contributed by atoms with Gasteiger partial charge in [-0.25, -0.2) is 5.14 Å². The molecule has 1 aromatic rings. The maximum atomic E-state index is 11.8. The zero-order valence-corrected chi connectivity index (χ0v) is 9.18. The average molecular weight is 270 g/mol. The molecule has 0 aliphatic heterocycles. The number of halogens is 3. The van der Waals surface area contributed by atoms with Crippen molar-refractivity contribution in [3.05, 3.63) is 24.3 Å². The third kappa shape index (κ3) is 5.97. The molecule has 0 saturated carbocycles. The Labute approximate surface area is 95.6 Å². The summed E-state index contributed by atoms with van der Waals surface area (Å²) in [5.41, 5.74) is 0.131. The van der Waals surface area contributed by atoms with Crippen molar-refractivity contribution < 1.29 is 26.3 Å². The van der Waals surface area contributed by atoms with E-state index in [4.69, 9.17) is 5.14 Å². The third-order valence-corrected chi connectivity index (χ3v) is 2.04. The van der Waals surface area contributed by atoms with Gasteiger partial charge in [-0.05, 0) is 24.3 Å². The predicted octanol–water partition coefficient (Wildman–Crippen LogP) is 1.24. The fraction of sp³-hybridized carbons (Fsp3) is 0.250. The van der Waals surface area contributed by atoms with Gasteiger partial charge in [0.05, 0.1) is 0 Å². The first-order chi connectivity index (χ1) is 7.66. The van der Waals surface area contributed by atoms with Crippen LogP contribution in [0, 0.1) is 0 Å². The number of nitrogens with two attached hydrogens (primary N) is 1. The molecule has 5 nitrogen and oxygen atoms in total. The van der Waals surface area contributed by atoms with Crippen molar-refractivity contribution in [1.29, 1.82) is 0 Å². The molecule has 0 aliphatic carbocycles. The molecule has 0 amide bonds.